The van der Waals surface area contributed by atoms with Crippen LogP contribution in [0.25, 0.3) is 0 Å². The van der Waals surface area contributed by atoms with E-state index in [1.165, 1.54) is 18.5 Å². The van der Waals surface area contributed by atoms with Crippen molar-refractivity contribution in [1.82, 2.24) is 5.32 Å². The van der Waals surface area contributed by atoms with E-state index in [0.29, 0.717) is 6.04 Å². The minimum Gasteiger partial charge on any atom is -0.368 e. The van der Waals surface area contributed by atoms with Gasteiger partial charge in [0.05, 0.1) is 10.7 Å². The minimum absolute atomic E-state index is 0.549. The number of rotatable bonds is 1. The summed E-state index contributed by atoms with van der Waals surface area (Å²) in [5, 5.41) is 4.31. The van der Waals surface area contributed by atoms with Crippen LogP contribution in [0.5, 0.6) is 0 Å². The van der Waals surface area contributed by atoms with Gasteiger partial charge in [0.25, 0.3) is 0 Å². The van der Waals surface area contributed by atoms with E-state index in [1.54, 1.807) is 0 Å². The van der Waals surface area contributed by atoms with Gasteiger partial charge in [-0.1, -0.05) is 23.7 Å². The number of hydrogen-bond acceptors (Lipinski definition) is 2. The topological polar surface area (TPSA) is 15.3 Å². The van der Waals surface area contributed by atoms with Gasteiger partial charge in [-0.2, -0.15) is 0 Å². The van der Waals surface area contributed by atoms with Crippen LogP contribution in [0.2, 0.25) is 5.02 Å². The molecular weight excluding hydrogens is 220 g/mol. The highest BCUT2D eigenvalue weighted by atomic mass is 35.5. The van der Waals surface area contributed by atoms with Crippen molar-refractivity contribution in [3.63, 3.8) is 0 Å². The van der Waals surface area contributed by atoms with Crippen molar-refractivity contribution in [3.05, 3.63) is 29.3 Å². The first-order valence-corrected chi connectivity index (χ1v) is 6.39. The molecule has 1 fully saturated rings. The van der Waals surface area contributed by atoms with Crippen molar-refractivity contribution < 1.29 is 0 Å². The number of halogens is 1. The zero-order valence-electron chi connectivity index (χ0n) is 9.75. The lowest BCUT2D eigenvalue weighted by atomic mass is 10.1. The highest BCUT2D eigenvalue weighted by molar-refractivity contribution is 6.33. The van der Waals surface area contributed by atoms with Crippen LogP contribution in [0.4, 0.5) is 5.69 Å². The summed E-state index contributed by atoms with van der Waals surface area (Å²) in [4.78, 5) is 2.43. The maximum Gasteiger partial charge on any atom is 0.0639 e. The average Bonchev–Trinajstić information content (AvgIpc) is 2.26. The van der Waals surface area contributed by atoms with E-state index >= 15 is 0 Å². The molecule has 1 N–H and O–H groups in total. The number of para-hydroxylation sites is 1. The molecule has 0 aromatic heterocycles. The Labute approximate surface area is 103 Å². The summed E-state index contributed by atoms with van der Waals surface area (Å²) in [7, 11) is 0. The number of nitrogens with zero attached hydrogens (tertiary/aromatic N) is 1. The maximum atomic E-state index is 6.26. The minimum atomic E-state index is 0.549. The second-order valence-corrected chi connectivity index (χ2v) is 4.79. The number of nitrogens with one attached hydrogen (secondary N) is 1. The van der Waals surface area contributed by atoms with Crippen LogP contribution in [0.1, 0.15) is 19.8 Å². The van der Waals surface area contributed by atoms with Crippen molar-refractivity contribution in [3.8, 4) is 0 Å². The van der Waals surface area contributed by atoms with Crippen LogP contribution in [0.15, 0.2) is 24.3 Å². The monoisotopic (exact) mass is 238 g/mol. The summed E-state index contributed by atoms with van der Waals surface area (Å²) in [5.74, 6) is 0. The third-order valence-corrected chi connectivity index (χ3v) is 3.51. The van der Waals surface area contributed by atoms with Crippen LogP contribution in [0, 0.1) is 0 Å². The molecule has 1 heterocycles. The van der Waals surface area contributed by atoms with Gasteiger partial charge < -0.3 is 10.2 Å². The third-order valence-electron chi connectivity index (χ3n) is 3.19. The van der Waals surface area contributed by atoms with Crippen molar-refractivity contribution in [2.75, 3.05) is 24.5 Å². The third kappa shape index (κ3) is 2.69. The van der Waals surface area contributed by atoms with Crippen molar-refractivity contribution >= 4 is 17.3 Å². The van der Waals surface area contributed by atoms with E-state index < -0.39 is 0 Å². The van der Waals surface area contributed by atoms with Gasteiger partial charge in [0.15, 0.2) is 0 Å². The Morgan fingerprint density at radius 3 is 2.94 bits per heavy atom. The maximum absolute atomic E-state index is 6.26. The quantitative estimate of drug-likeness (QED) is 0.810. The lowest BCUT2D eigenvalue weighted by molar-refractivity contribution is 0.499. The van der Waals surface area contributed by atoms with E-state index in [0.717, 1.165) is 24.7 Å². The molecule has 1 aliphatic heterocycles. The first-order valence-electron chi connectivity index (χ1n) is 6.01. The molecule has 1 aromatic rings. The summed E-state index contributed by atoms with van der Waals surface area (Å²) in [6, 6.07) is 8.69. The van der Waals surface area contributed by atoms with E-state index in [2.05, 4.69) is 29.3 Å². The fourth-order valence-corrected chi connectivity index (χ4v) is 2.47. The molecule has 0 bridgehead atoms. The van der Waals surface area contributed by atoms with Crippen LogP contribution in [0.3, 0.4) is 0 Å². The molecule has 16 heavy (non-hydrogen) atoms. The molecule has 1 aliphatic rings. The Kier molecular flexibility index (Phi) is 4.08. The summed E-state index contributed by atoms with van der Waals surface area (Å²) < 4.78 is 0. The largest absolute Gasteiger partial charge is 0.368 e. The van der Waals surface area contributed by atoms with Crippen LogP contribution in [-0.2, 0) is 0 Å². The summed E-state index contributed by atoms with van der Waals surface area (Å²) in [5.41, 5.74) is 1.18. The molecule has 3 heteroatoms. The lowest BCUT2D eigenvalue weighted by Crippen LogP contribution is -2.40. The predicted molar refractivity (Wildman–Crippen MR) is 70.4 cm³/mol. The SMILES string of the molecule is CC1CCNCCCN1c1ccccc1Cl. The molecule has 2 nitrogen and oxygen atoms in total. The zero-order chi connectivity index (χ0) is 11.4. The molecule has 1 aromatic carbocycles. The van der Waals surface area contributed by atoms with Gasteiger partial charge >= 0.3 is 0 Å². The molecular formula is C13H19ClN2. The first-order chi connectivity index (χ1) is 7.79. The molecule has 2 rings (SSSR count). The van der Waals surface area contributed by atoms with E-state index in [4.69, 9.17) is 11.6 Å². The van der Waals surface area contributed by atoms with E-state index in [-0.39, 0.29) is 0 Å². The highest BCUT2D eigenvalue weighted by Crippen LogP contribution is 2.28. The van der Waals surface area contributed by atoms with Crippen molar-refractivity contribution in [2.24, 2.45) is 0 Å². The van der Waals surface area contributed by atoms with Crippen molar-refractivity contribution in [1.29, 1.82) is 0 Å². The first kappa shape index (κ1) is 11.7. The smallest absolute Gasteiger partial charge is 0.0639 e. The molecule has 0 spiro atoms. The average molecular weight is 239 g/mol. The standard InChI is InChI=1S/C13H19ClN2/c1-11-7-9-15-8-4-10-16(11)13-6-3-2-5-12(13)14/h2-3,5-6,11,15H,4,7-10H2,1H3. The molecule has 1 saturated heterocycles. The second kappa shape index (κ2) is 5.55. The van der Waals surface area contributed by atoms with E-state index in [1.807, 2.05) is 12.1 Å². The predicted octanol–water partition coefficient (Wildman–Crippen LogP) is 2.92. The Bertz CT molecular complexity index is 340. The molecule has 1 atom stereocenters. The number of hydrogen-bond donors (Lipinski definition) is 1. The summed E-state index contributed by atoms with van der Waals surface area (Å²) in [6.07, 6.45) is 2.35. The highest BCUT2D eigenvalue weighted by Gasteiger charge is 2.17. The fraction of sp³-hybridized carbons (Fsp3) is 0.538. The van der Waals surface area contributed by atoms with Gasteiger partial charge in [0.1, 0.15) is 0 Å². The molecule has 0 saturated carbocycles. The van der Waals surface area contributed by atoms with Crippen molar-refractivity contribution in [2.45, 2.75) is 25.8 Å². The van der Waals surface area contributed by atoms with Gasteiger partial charge in [0.2, 0.25) is 0 Å². The Balaban J connectivity index is 2.19. The number of anilines is 1. The van der Waals surface area contributed by atoms with Gasteiger partial charge in [-0.05, 0) is 45.0 Å². The summed E-state index contributed by atoms with van der Waals surface area (Å²) >= 11 is 6.26. The van der Waals surface area contributed by atoms with Gasteiger partial charge in [-0.3, -0.25) is 0 Å². The van der Waals surface area contributed by atoms with Gasteiger partial charge in [-0.25, -0.2) is 0 Å². The number of benzene rings is 1. The normalized spacial score (nSPS) is 22.6. The molecule has 0 radical (unpaired) electrons. The Morgan fingerprint density at radius 2 is 2.12 bits per heavy atom. The fourth-order valence-electron chi connectivity index (χ4n) is 2.23. The zero-order valence-corrected chi connectivity index (χ0v) is 10.5. The van der Waals surface area contributed by atoms with Gasteiger partial charge in [-0.15, -0.1) is 0 Å². The van der Waals surface area contributed by atoms with E-state index in [9.17, 15) is 0 Å². The Hall–Kier alpha value is -0.730. The lowest BCUT2D eigenvalue weighted by Gasteiger charge is -2.34. The van der Waals surface area contributed by atoms with Gasteiger partial charge in [0, 0.05) is 12.6 Å². The molecule has 0 amide bonds. The Morgan fingerprint density at radius 1 is 1.31 bits per heavy atom. The summed E-state index contributed by atoms with van der Waals surface area (Å²) in [6.45, 7) is 5.56. The van der Waals surface area contributed by atoms with Crippen LogP contribution < -0.4 is 10.2 Å². The molecule has 1 unspecified atom stereocenters. The molecule has 0 aliphatic carbocycles. The van der Waals surface area contributed by atoms with Crippen LogP contribution >= 0.6 is 11.6 Å². The molecule has 88 valence electrons. The second-order valence-electron chi connectivity index (χ2n) is 4.39. The van der Waals surface area contributed by atoms with Crippen LogP contribution in [-0.4, -0.2) is 25.7 Å².